The summed E-state index contributed by atoms with van der Waals surface area (Å²) in [5.74, 6) is 0. The maximum Gasteiger partial charge on any atom is 0.135 e. The first-order valence-corrected chi connectivity index (χ1v) is 16.4. The highest BCUT2D eigenvalue weighted by Crippen LogP contribution is 2.35. The summed E-state index contributed by atoms with van der Waals surface area (Å²) in [6.45, 7) is 23.8. The Labute approximate surface area is 285 Å². The average molecular weight is 623 g/mol. The maximum absolute atomic E-state index is 6.06. The van der Waals surface area contributed by atoms with Gasteiger partial charge >= 0.3 is 0 Å². The lowest BCUT2D eigenvalue weighted by Gasteiger charge is -2.13. The van der Waals surface area contributed by atoms with Gasteiger partial charge in [-0.05, 0) is 149 Å². The largest absolute Gasteiger partial charge is 0.456 e. The van der Waals surface area contributed by atoms with Crippen molar-refractivity contribution < 1.29 is 4.42 Å². The van der Waals surface area contributed by atoms with Gasteiger partial charge in [-0.25, -0.2) is 0 Å². The van der Waals surface area contributed by atoms with Crippen LogP contribution in [0.3, 0.4) is 0 Å². The molecule has 0 bridgehead atoms. The van der Waals surface area contributed by atoms with E-state index in [2.05, 4.69) is 151 Å². The van der Waals surface area contributed by atoms with Crippen molar-refractivity contribution >= 4 is 49.8 Å². The molecule has 1 aromatic heterocycles. The lowest BCUT2D eigenvalue weighted by molar-refractivity contribution is 0.669. The number of fused-ring (bicyclic) bond motifs is 3. The van der Waals surface area contributed by atoms with E-state index in [-0.39, 0.29) is 0 Å². The van der Waals surface area contributed by atoms with Crippen LogP contribution in [0.25, 0.3) is 60.9 Å². The van der Waals surface area contributed by atoms with Crippen LogP contribution in [0, 0.1) is 13.8 Å². The first-order chi connectivity index (χ1) is 23.1. The number of furan rings is 1. The van der Waals surface area contributed by atoms with E-state index in [0.29, 0.717) is 0 Å². The van der Waals surface area contributed by atoms with Crippen molar-refractivity contribution in [2.75, 3.05) is 0 Å². The topological polar surface area (TPSA) is 13.1 Å². The fourth-order valence-electron chi connectivity index (χ4n) is 6.41. The third-order valence-corrected chi connectivity index (χ3v) is 9.16. The summed E-state index contributed by atoms with van der Waals surface area (Å²) in [4.78, 5) is 0. The highest BCUT2D eigenvalue weighted by molar-refractivity contribution is 6.06. The zero-order chi connectivity index (χ0) is 33.9. The van der Waals surface area contributed by atoms with Gasteiger partial charge in [0.05, 0.1) is 0 Å². The molecule has 0 saturated carbocycles. The second-order valence-corrected chi connectivity index (χ2v) is 12.7. The normalized spacial score (nSPS) is 12.3. The van der Waals surface area contributed by atoms with Crippen molar-refractivity contribution in [1.29, 1.82) is 0 Å². The molecule has 0 fully saturated rings. The van der Waals surface area contributed by atoms with Gasteiger partial charge in [0.15, 0.2) is 0 Å². The van der Waals surface area contributed by atoms with E-state index in [1.165, 1.54) is 22.3 Å². The minimum atomic E-state index is 0.904. The summed E-state index contributed by atoms with van der Waals surface area (Å²) >= 11 is 0. The van der Waals surface area contributed by atoms with Crippen LogP contribution < -0.4 is 0 Å². The summed E-state index contributed by atoms with van der Waals surface area (Å²) in [7, 11) is 0. The molecule has 1 heterocycles. The summed E-state index contributed by atoms with van der Waals surface area (Å²) in [5.41, 5.74) is 17.6. The number of allylic oxidation sites excluding steroid dienone is 9. The predicted octanol–water partition coefficient (Wildman–Crippen LogP) is 13.7. The Bertz CT molecular complexity index is 2330. The highest BCUT2D eigenvalue weighted by Gasteiger charge is 2.11. The molecule has 0 amide bonds. The molecular formula is C47H42O. The van der Waals surface area contributed by atoms with E-state index in [0.717, 1.165) is 77.6 Å². The molecule has 48 heavy (non-hydrogen) atoms. The van der Waals surface area contributed by atoms with E-state index in [1.807, 2.05) is 31.2 Å². The Kier molecular flexibility index (Phi) is 9.15. The lowest BCUT2D eigenvalue weighted by Crippen LogP contribution is -1.91. The van der Waals surface area contributed by atoms with Gasteiger partial charge in [-0.3, -0.25) is 0 Å². The average Bonchev–Trinajstić information content (AvgIpc) is 3.46. The van der Waals surface area contributed by atoms with Crippen LogP contribution >= 0.6 is 0 Å². The molecule has 6 rings (SSSR count). The zero-order valence-electron chi connectivity index (χ0n) is 28.7. The Morgan fingerprint density at radius 3 is 2.00 bits per heavy atom. The highest BCUT2D eigenvalue weighted by atomic mass is 16.3. The standard InChI is InChI=1S/C47H42O/c1-9-13-30(2)39-20-18-31(3)43(27-39)35(7)24-33(5)37-14-12-15-38(26-37)34(6)25-36(8)44-28-40(21-19-32(44)4)41-22-23-47-45(29-41)42-16-10-11-17-46(42)48-47/h9-29H,2,5,8H2,1,3-4,6-7H3/b13-9-,34-25+,35-24+. The number of hydrogen-bond acceptors (Lipinski definition) is 1. The molecule has 0 atom stereocenters. The Morgan fingerprint density at radius 1 is 0.542 bits per heavy atom. The van der Waals surface area contributed by atoms with Gasteiger partial charge in [-0.2, -0.15) is 0 Å². The van der Waals surface area contributed by atoms with Crippen LogP contribution in [0.15, 0.2) is 152 Å². The van der Waals surface area contributed by atoms with E-state index in [1.54, 1.807) is 0 Å². The van der Waals surface area contributed by atoms with Crippen LogP contribution in [0.4, 0.5) is 0 Å². The van der Waals surface area contributed by atoms with Crippen LogP contribution in [-0.4, -0.2) is 0 Å². The lowest BCUT2D eigenvalue weighted by atomic mass is 9.92. The minimum absolute atomic E-state index is 0.904. The number of para-hydroxylation sites is 1. The van der Waals surface area contributed by atoms with E-state index >= 15 is 0 Å². The van der Waals surface area contributed by atoms with Gasteiger partial charge in [-0.1, -0.05) is 111 Å². The van der Waals surface area contributed by atoms with Crippen molar-refractivity contribution in [2.24, 2.45) is 0 Å². The fraction of sp³-hybridized carbons (Fsp3) is 0.106. The van der Waals surface area contributed by atoms with Gasteiger partial charge < -0.3 is 4.42 Å². The smallest absolute Gasteiger partial charge is 0.135 e. The SMILES string of the molecule is C=C(/C=C\C)c1ccc(C)c(/C(C)=C/C(=C)c2cccc(/C(C)=C/C(=C)c3cc(-c4ccc5oc6ccccc6c5c4)ccc3C)c2)c1. The summed E-state index contributed by atoms with van der Waals surface area (Å²) < 4.78 is 6.06. The molecule has 6 aromatic rings. The van der Waals surface area contributed by atoms with Gasteiger partial charge in [0.1, 0.15) is 11.2 Å². The van der Waals surface area contributed by atoms with Crippen molar-refractivity contribution in [2.45, 2.75) is 34.6 Å². The van der Waals surface area contributed by atoms with Crippen molar-refractivity contribution in [1.82, 2.24) is 0 Å². The second kappa shape index (κ2) is 13.6. The van der Waals surface area contributed by atoms with Crippen LogP contribution in [0.5, 0.6) is 0 Å². The Hall–Kier alpha value is -5.66. The number of hydrogen-bond donors (Lipinski definition) is 0. The van der Waals surface area contributed by atoms with E-state index in [4.69, 9.17) is 4.42 Å². The molecule has 5 aromatic carbocycles. The van der Waals surface area contributed by atoms with Crippen LogP contribution in [0.2, 0.25) is 0 Å². The minimum Gasteiger partial charge on any atom is -0.456 e. The first-order valence-electron chi connectivity index (χ1n) is 16.4. The van der Waals surface area contributed by atoms with E-state index < -0.39 is 0 Å². The molecule has 1 nitrogen and oxygen atoms in total. The van der Waals surface area contributed by atoms with Crippen LogP contribution in [-0.2, 0) is 0 Å². The molecule has 0 aliphatic heterocycles. The number of rotatable bonds is 9. The van der Waals surface area contributed by atoms with Gasteiger partial charge in [0.25, 0.3) is 0 Å². The maximum atomic E-state index is 6.06. The quantitative estimate of drug-likeness (QED) is 0.146. The second-order valence-electron chi connectivity index (χ2n) is 12.7. The molecule has 1 heteroatoms. The van der Waals surface area contributed by atoms with Crippen LogP contribution in [0.1, 0.15) is 59.7 Å². The van der Waals surface area contributed by atoms with Gasteiger partial charge in [-0.15, -0.1) is 0 Å². The van der Waals surface area contributed by atoms with Gasteiger partial charge in [0, 0.05) is 10.8 Å². The van der Waals surface area contributed by atoms with Crippen molar-refractivity contribution in [3.63, 3.8) is 0 Å². The molecule has 0 aliphatic rings. The molecule has 0 spiro atoms. The Balaban J connectivity index is 1.25. The number of aryl methyl sites for hydroxylation is 2. The van der Waals surface area contributed by atoms with Gasteiger partial charge in [0.2, 0.25) is 0 Å². The van der Waals surface area contributed by atoms with Crippen molar-refractivity contribution in [3.8, 4) is 11.1 Å². The number of benzene rings is 5. The molecule has 0 saturated heterocycles. The summed E-state index contributed by atoms with van der Waals surface area (Å²) in [6, 6.07) is 36.4. The third kappa shape index (κ3) is 6.59. The molecule has 0 radical (unpaired) electrons. The summed E-state index contributed by atoms with van der Waals surface area (Å²) in [6.07, 6.45) is 8.44. The first kappa shape index (κ1) is 32.3. The molecular weight excluding hydrogens is 581 g/mol. The third-order valence-electron chi connectivity index (χ3n) is 9.16. The molecule has 236 valence electrons. The molecule has 0 N–H and O–H groups in total. The fourth-order valence-corrected chi connectivity index (χ4v) is 6.41. The zero-order valence-corrected chi connectivity index (χ0v) is 28.7. The predicted molar refractivity (Wildman–Crippen MR) is 211 cm³/mol. The molecule has 0 aliphatic carbocycles. The van der Waals surface area contributed by atoms with E-state index in [9.17, 15) is 0 Å². The molecule has 0 unspecified atom stereocenters. The summed E-state index contributed by atoms with van der Waals surface area (Å²) in [5, 5.41) is 2.26. The monoisotopic (exact) mass is 622 g/mol. The van der Waals surface area contributed by atoms with Crippen molar-refractivity contribution in [3.05, 3.63) is 186 Å². The Morgan fingerprint density at radius 2 is 1.19 bits per heavy atom.